The summed E-state index contributed by atoms with van der Waals surface area (Å²) in [7, 11) is 0. The molecule has 0 radical (unpaired) electrons. The average molecular weight is 586 g/mol. The van der Waals surface area contributed by atoms with Crippen LogP contribution in [0.4, 0.5) is 0 Å². The van der Waals surface area contributed by atoms with Gasteiger partial charge in [0.05, 0.1) is 27.6 Å². The minimum absolute atomic E-state index is 0.652. The third kappa shape index (κ3) is 3.03. The Labute approximate surface area is 263 Å². The van der Waals surface area contributed by atoms with Crippen LogP contribution in [-0.2, 0) is 0 Å². The molecule has 2 aliphatic rings. The number of hydrogen-bond acceptors (Lipinski definition) is 3. The summed E-state index contributed by atoms with van der Waals surface area (Å²) >= 11 is 0. The molecule has 7 aromatic carbocycles. The topological polar surface area (TPSA) is 39.9 Å². The van der Waals surface area contributed by atoms with Crippen molar-refractivity contribution < 1.29 is 4.74 Å². The van der Waals surface area contributed by atoms with Crippen LogP contribution in [0.25, 0.3) is 94.1 Å². The lowest BCUT2D eigenvalue weighted by Crippen LogP contribution is -2.06. The summed E-state index contributed by atoms with van der Waals surface area (Å²) in [5, 5.41) is 5.93. The van der Waals surface area contributed by atoms with Gasteiger partial charge in [-0.15, -0.1) is 0 Å². The van der Waals surface area contributed by atoms with Gasteiger partial charge in [-0.3, -0.25) is 4.57 Å². The fraction of sp³-hybridized carbons (Fsp3) is 0. The van der Waals surface area contributed by atoms with E-state index in [1.165, 1.54) is 54.9 Å². The highest BCUT2D eigenvalue weighted by Gasteiger charge is 2.29. The van der Waals surface area contributed by atoms with Crippen LogP contribution >= 0.6 is 0 Å². The van der Waals surface area contributed by atoms with E-state index in [0.29, 0.717) is 5.95 Å². The molecule has 1 aliphatic carbocycles. The first kappa shape index (κ1) is 24.1. The number of ether oxygens (including phenoxy) is 1. The molecule has 0 unspecified atom stereocenters. The van der Waals surface area contributed by atoms with Gasteiger partial charge in [0.2, 0.25) is 5.95 Å². The summed E-state index contributed by atoms with van der Waals surface area (Å²) in [5.41, 5.74) is 12.3. The largest absolute Gasteiger partial charge is 0.456 e. The number of nitrogens with zero attached hydrogens (tertiary/aromatic N) is 3. The second-order valence-electron chi connectivity index (χ2n) is 12.1. The molecule has 9 aromatic rings. The van der Waals surface area contributed by atoms with Crippen LogP contribution in [0.3, 0.4) is 0 Å². The van der Waals surface area contributed by atoms with Crippen molar-refractivity contribution in [1.82, 2.24) is 14.5 Å². The van der Waals surface area contributed by atoms with Crippen LogP contribution in [0.15, 0.2) is 140 Å². The average Bonchev–Trinajstić information content (AvgIpc) is 3.39. The van der Waals surface area contributed by atoms with E-state index in [4.69, 9.17) is 14.7 Å². The van der Waals surface area contributed by atoms with E-state index < -0.39 is 0 Å². The highest BCUT2D eigenvalue weighted by molar-refractivity contribution is 6.29. The zero-order chi connectivity index (χ0) is 29.9. The lowest BCUT2D eigenvalue weighted by atomic mass is 9.89. The van der Waals surface area contributed by atoms with Gasteiger partial charge >= 0.3 is 0 Å². The molecule has 0 spiro atoms. The molecule has 0 N–H and O–H groups in total. The van der Waals surface area contributed by atoms with Crippen LogP contribution in [0, 0.1) is 0 Å². The highest BCUT2D eigenvalue weighted by atomic mass is 16.5. The van der Waals surface area contributed by atoms with E-state index in [0.717, 1.165) is 44.7 Å². The number of rotatable bonds is 2. The van der Waals surface area contributed by atoms with Crippen molar-refractivity contribution in [2.75, 3.05) is 0 Å². The predicted molar refractivity (Wildman–Crippen MR) is 187 cm³/mol. The van der Waals surface area contributed by atoms with E-state index >= 15 is 0 Å². The SMILES string of the molecule is c1ccc(-c2ccc3c4c2-c2cccc5cccc(c25)-c2cccc(c24)n3-c2nc3c4c(cccc4n2)Oc2ccccc2-3)cc1. The van der Waals surface area contributed by atoms with Crippen LogP contribution in [0.5, 0.6) is 11.5 Å². The number of fused-ring (bicyclic) bond motifs is 4. The molecule has 0 amide bonds. The zero-order valence-electron chi connectivity index (χ0n) is 24.5. The molecular formula is C42H23N3O. The van der Waals surface area contributed by atoms with Gasteiger partial charge < -0.3 is 4.74 Å². The van der Waals surface area contributed by atoms with E-state index in [1.807, 2.05) is 30.3 Å². The standard InChI is InChI=1S/C42H23N3O/c1-2-10-24(11-3-1)26-22-23-33-40-37(26)30-17-7-13-25-12-6-15-27(36(25)30)28-16-8-19-32(38(28)40)45(33)42-43-31-18-9-21-35-39(31)41(44-42)29-14-4-5-20-34(29)46-35/h1-23H. The van der Waals surface area contributed by atoms with Gasteiger partial charge in [0.25, 0.3) is 0 Å². The zero-order valence-corrected chi connectivity index (χ0v) is 24.5. The molecule has 0 fully saturated rings. The van der Waals surface area contributed by atoms with Gasteiger partial charge in [0, 0.05) is 21.9 Å². The summed E-state index contributed by atoms with van der Waals surface area (Å²) in [4.78, 5) is 10.6. The van der Waals surface area contributed by atoms with Crippen molar-refractivity contribution in [3.63, 3.8) is 0 Å². The second kappa shape index (κ2) is 8.68. The minimum Gasteiger partial charge on any atom is -0.456 e. The van der Waals surface area contributed by atoms with Gasteiger partial charge in [0.15, 0.2) is 0 Å². The maximum atomic E-state index is 6.30. The van der Waals surface area contributed by atoms with Gasteiger partial charge in [-0.1, -0.05) is 103 Å². The Kier molecular flexibility index (Phi) is 4.55. The Morgan fingerprint density at radius 3 is 2.02 bits per heavy atom. The lowest BCUT2D eigenvalue weighted by Gasteiger charge is -2.21. The van der Waals surface area contributed by atoms with Crippen molar-refractivity contribution in [2.45, 2.75) is 0 Å². The second-order valence-corrected chi connectivity index (χ2v) is 12.1. The summed E-state index contributed by atoms with van der Waals surface area (Å²) in [6.45, 7) is 0. The summed E-state index contributed by atoms with van der Waals surface area (Å²) in [6, 6.07) is 49.5. The van der Waals surface area contributed by atoms with Gasteiger partial charge in [0.1, 0.15) is 11.5 Å². The fourth-order valence-corrected chi connectivity index (χ4v) is 7.89. The smallest absolute Gasteiger partial charge is 0.235 e. The fourth-order valence-electron chi connectivity index (χ4n) is 7.89. The number of aromatic nitrogens is 3. The Morgan fingerprint density at radius 1 is 0.435 bits per heavy atom. The van der Waals surface area contributed by atoms with Crippen LogP contribution in [0.1, 0.15) is 0 Å². The van der Waals surface area contributed by atoms with Crippen molar-refractivity contribution in [3.05, 3.63) is 140 Å². The van der Waals surface area contributed by atoms with Gasteiger partial charge in [-0.25, -0.2) is 9.97 Å². The first-order valence-corrected chi connectivity index (χ1v) is 15.6. The monoisotopic (exact) mass is 585 g/mol. The Morgan fingerprint density at radius 2 is 1.13 bits per heavy atom. The Hall–Kier alpha value is -6.26. The molecule has 46 heavy (non-hydrogen) atoms. The first-order chi connectivity index (χ1) is 22.8. The van der Waals surface area contributed by atoms with Crippen LogP contribution in [-0.4, -0.2) is 14.5 Å². The Balaban J connectivity index is 1.34. The molecule has 212 valence electrons. The quantitative estimate of drug-likeness (QED) is 0.203. The third-order valence-electron chi connectivity index (χ3n) is 9.74. The van der Waals surface area contributed by atoms with Crippen molar-refractivity contribution in [2.24, 2.45) is 0 Å². The minimum atomic E-state index is 0.652. The van der Waals surface area contributed by atoms with E-state index in [9.17, 15) is 0 Å². The number of hydrogen-bond donors (Lipinski definition) is 0. The summed E-state index contributed by atoms with van der Waals surface area (Å²) in [6.07, 6.45) is 0. The van der Waals surface area contributed by atoms with E-state index in [2.05, 4.69) is 114 Å². The molecule has 0 saturated carbocycles. The summed E-state index contributed by atoms with van der Waals surface area (Å²) < 4.78 is 8.57. The molecular weight excluding hydrogens is 562 g/mol. The van der Waals surface area contributed by atoms with Crippen molar-refractivity contribution in [1.29, 1.82) is 0 Å². The summed E-state index contributed by atoms with van der Waals surface area (Å²) in [5.74, 6) is 2.25. The van der Waals surface area contributed by atoms with Gasteiger partial charge in [-0.2, -0.15) is 0 Å². The molecule has 1 aliphatic heterocycles. The molecule has 4 heteroatoms. The molecule has 0 bridgehead atoms. The highest BCUT2D eigenvalue weighted by Crippen LogP contribution is 2.52. The van der Waals surface area contributed by atoms with Crippen molar-refractivity contribution in [3.8, 4) is 62.1 Å². The van der Waals surface area contributed by atoms with Crippen molar-refractivity contribution >= 4 is 43.5 Å². The molecule has 3 heterocycles. The van der Waals surface area contributed by atoms with E-state index in [-0.39, 0.29) is 0 Å². The number of para-hydroxylation sites is 1. The molecule has 0 saturated heterocycles. The lowest BCUT2D eigenvalue weighted by molar-refractivity contribution is 0.486. The first-order valence-electron chi connectivity index (χ1n) is 15.6. The normalized spacial score (nSPS) is 12.5. The molecule has 2 aromatic heterocycles. The predicted octanol–water partition coefficient (Wildman–Crippen LogP) is 11.0. The third-order valence-corrected chi connectivity index (χ3v) is 9.74. The van der Waals surface area contributed by atoms with Gasteiger partial charge in [-0.05, 0) is 75.0 Å². The van der Waals surface area contributed by atoms with Crippen LogP contribution in [0.2, 0.25) is 0 Å². The van der Waals surface area contributed by atoms with Crippen LogP contribution < -0.4 is 4.74 Å². The Bertz CT molecular complexity index is 2770. The maximum absolute atomic E-state index is 6.30. The molecule has 0 atom stereocenters. The van der Waals surface area contributed by atoms with E-state index in [1.54, 1.807) is 0 Å². The molecule has 4 nitrogen and oxygen atoms in total. The molecule has 11 rings (SSSR count). The maximum Gasteiger partial charge on any atom is 0.235 e. The number of benzene rings is 7.